The standard InChI is InChI=1S/C52H82N8O10/c1-50(2,3)19-18-45(61)53-23-31-67-35-36-69-34-30-60-44-17-15-41-40(14-16-43(44)55-56-60)42(41)37-70-49(65)58-25-20-52(21-26-58,48(64)54-22-27-57-28-32-68-33-29-57)59(24-8-9-46(62)66-7)47(63)38-10-12-39(13-11-38)51(4,5)6/h10-13,40-42H,8-9,14-37H2,1-7H3,(H,53,61)(H,54,64). The van der Waals surface area contributed by atoms with E-state index in [2.05, 4.69) is 67.4 Å². The number of aryl methyl sites for hydroxylation is 1. The van der Waals surface area contributed by atoms with Gasteiger partial charge < -0.3 is 44.1 Å². The number of nitrogens with one attached hydrogen (secondary N) is 2. The molecule has 2 aliphatic carbocycles. The molecule has 0 radical (unpaired) electrons. The van der Waals surface area contributed by atoms with Gasteiger partial charge in [-0.3, -0.25) is 24.1 Å². The zero-order valence-electron chi connectivity index (χ0n) is 43.2. The van der Waals surface area contributed by atoms with E-state index in [-0.39, 0.29) is 79.3 Å². The third kappa shape index (κ3) is 15.7. The highest BCUT2D eigenvalue weighted by molar-refractivity contribution is 5.99. The number of morpholine rings is 1. The fourth-order valence-corrected chi connectivity index (χ4v) is 10.1. The number of methoxy groups -OCH3 is 1. The van der Waals surface area contributed by atoms with Crippen molar-refractivity contribution in [3.8, 4) is 0 Å². The van der Waals surface area contributed by atoms with Crippen LogP contribution in [0.4, 0.5) is 4.79 Å². The molecule has 2 aliphatic heterocycles. The van der Waals surface area contributed by atoms with Gasteiger partial charge >= 0.3 is 12.1 Å². The Kier molecular flexibility index (Phi) is 20.0. The second kappa shape index (κ2) is 25.6. The maximum Gasteiger partial charge on any atom is 0.409 e. The lowest BCUT2D eigenvalue weighted by Gasteiger charge is -2.47. The summed E-state index contributed by atoms with van der Waals surface area (Å²) in [7, 11) is 1.34. The van der Waals surface area contributed by atoms with Crippen LogP contribution in [0.5, 0.6) is 0 Å². The van der Waals surface area contributed by atoms with Crippen molar-refractivity contribution in [2.75, 3.05) is 106 Å². The molecule has 0 spiro atoms. The van der Waals surface area contributed by atoms with Crippen LogP contribution in [0.15, 0.2) is 24.3 Å². The zero-order valence-corrected chi connectivity index (χ0v) is 43.2. The molecule has 390 valence electrons. The Morgan fingerprint density at radius 1 is 0.829 bits per heavy atom. The second-order valence-electron chi connectivity index (χ2n) is 21.7. The van der Waals surface area contributed by atoms with Gasteiger partial charge in [-0.1, -0.05) is 58.9 Å². The maximum absolute atomic E-state index is 14.7. The summed E-state index contributed by atoms with van der Waals surface area (Å²) < 4.78 is 29.9. The number of ether oxygens (including phenoxy) is 5. The minimum Gasteiger partial charge on any atom is -0.469 e. The van der Waals surface area contributed by atoms with Crippen LogP contribution in [-0.2, 0) is 62.9 Å². The molecule has 3 fully saturated rings. The highest BCUT2D eigenvalue weighted by Gasteiger charge is 2.52. The van der Waals surface area contributed by atoms with Gasteiger partial charge in [0.25, 0.3) is 5.91 Å². The predicted octanol–water partition coefficient (Wildman–Crippen LogP) is 4.81. The summed E-state index contributed by atoms with van der Waals surface area (Å²) in [5.74, 6) is 0.257. The van der Waals surface area contributed by atoms with Gasteiger partial charge in [-0.05, 0) is 97.6 Å². The molecular formula is C52H82N8O10. The van der Waals surface area contributed by atoms with E-state index in [0.29, 0.717) is 103 Å². The number of carbonyl (C=O) groups excluding carboxylic acids is 5. The van der Waals surface area contributed by atoms with Gasteiger partial charge in [0.05, 0.1) is 71.3 Å². The summed E-state index contributed by atoms with van der Waals surface area (Å²) in [6, 6.07) is 7.53. The topological polar surface area (TPSA) is 196 Å². The number of fused-ring (bicyclic) bond motifs is 2. The molecule has 0 bridgehead atoms. The largest absolute Gasteiger partial charge is 0.469 e. The lowest BCUT2D eigenvalue weighted by atomic mass is 9.83. The van der Waals surface area contributed by atoms with Crippen LogP contribution in [0.3, 0.4) is 0 Å². The Morgan fingerprint density at radius 2 is 1.51 bits per heavy atom. The van der Waals surface area contributed by atoms with Crippen molar-refractivity contribution in [1.29, 1.82) is 0 Å². The number of nitrogens with zero attached hydrogens (tertiary/aromatic N) is 6. The first-order valence-corrected chi connectivity index (χ1v) is 25.8. The maximum atomic E-state index is 14.7. The SMILES string of the molecule is COC(=O)CCCN(C(=O)c1ccc(C(C)(C)C)cc1)C1(C(=O)NCCN2CCOCC2)CCN(C(=O)OCC2C3CCc4nnn(CCOCCOCCNC(=O)CCC(C)(C)C)c4CCC32)CC1. The number of carbonyl (C=O) groups is 5. The van der Waals surface area contributed by atoms with Gasteiger partial charge in [0, 0.05) is 70.8 Å². The van der Waals surface area contributed by atoms with Crippen LogP contribution < -0.4 is 10.6 Å². The Labute approximate surface area is 415 Å². The van der Waals surface area contributed by atoms with E-state index in [9.17, 15) is 24.0 Å². The fourth-order valence-electron chi connectivity index (χ4n) is 10.1. The van der Waals surface area contributed by atoms with Crippen molar-refractivity contribution >= 4 is 29.8 Å². The van der Waals surface area contributed by atoms with E-state index in [1.54, 1.807) is 9.80 Å². The van der Waals surface area contributed by atoms with Gasteiger partial charge in [0.2, 0.25) is 11.8 Å². The van der Waals surface area contributed by atoms with E-state index in [1.807, 2.05) is 28.9 Å². The monoisotopic (exact) mass is 979 g/mol. The molecule has 3 unspecified atom stereocenters. The number of piperidine rings is 1. The summed E-state index contributed by atoms with van der Waals surface area (Å²) in [4.78, 5) is 72.9. The number of hydrogen-bond acceptors (Lipinski definition) is 13. The van der Waals surface area contributed by atoms with Crippen LogP contribution in [0.1, 0.15) is 120 Å². The highest BCUT2D eigenvalue weighted by atomic mass is 16.6. The first-order chi connectivity index (χ1) is 33.5. The van der Waals surface area contributed by atoms with Gasteiger partial charge in [-0.15, -0.1) is 5.10 Å². The van der Waals surface area contributed by atoms with E-state index >= 15 is 0 Å². The third-order valence-corrected chi connectivity index (χ3v) is 14.6. The zero-order chi connectivity index (χ0) is 50.3. The van der Waals surface area contributed by atoms with Crippen LogP contribution in [-0.4, -0.2) is 171 Å². The van der Waals surface area contributed by atoms with E-state index in [1.165, 1.54) is 7.11 Å². The molecule has 18 heteroatoms. The van der Waals surface area contributed by atoms with Crippen molar-refractivity contribution in [2.24, 2.45) is 23.2 Å². The lowest BCUT2D eigenvalue weighted by Crippen LogP contribution is -2.65. The normalized spacial score (nSPS) is 20.3. The molecule has 18 nitrogen and oxygen atoms in total. The van der Waals surface area contributed by atoms with Crippen LogP contribution in [0.2, 0.25) is 0 Å². The van der Waals surface area contributed by atoms with Crippen molar-refractivity contribution in [1.82, 2.24) is 40.3 Å². The number of hydrogen-bond donors (Lipinski definition) is 2. The first-order valence-electron chi connectivity index (χ1n) is 25.8. The molecule has 3 atom stereocenters. The van der Waals surface area contributed by atoms with Gasteiger partial charge in [0.15, 0.2) is 0 Å². The highest BCUT2D eigenvalue weighted by Crippen LogP contribution is 2.53. The molecule has 6 rings (SSSR count). The average Bonchev–Trinajstić information content (AvgIpc) is 3.85. The van der Waals surface area contributed by atoms with Crippen molar-refractivity contribution in [3.63, 3.8) is 0 Å². The summed E-state index contributed by atoms with van der Waals surface area (Å²) >= 11 is 0. The van der Waals surface area contributed by atoms with Crippen molar-refractivity contribution in [2.45, 2.75) is 123 Å². The quantitative estimate of drug-likeness (QED) is 0.114. The number of amides is 4. The van der Waals surface area contributed by atoms with Crippen LogP contribution in [0.25, 0.3) is 0 Å². The average molecular weight is 979 g/mol. The van der Waals surface area contributed by atoms with E-state index in [4.69, 9.17) is 23.7 Å². The number of benzene rings is 1. The predicted molar refractivity (Wildman–Crippen MR) is 263 cm³/mol. The van der Waals surface area contributed by atoms with Gasteiger partial charge in [-0.2, -0.15) is 0 Å². The molecule has 3 heterocycles. The first kappa shape index (κ1) is 54.7. The molecule has 2 aromatic rings. The van der Waals surface area contributed by atoms with Gasteiger partial charge in [0.1, 0.15) is 5.54 Å². The molecular weight excluding hydrogens is 897 g/mol. The summed E-state index contributed by atoms with van der Waals surface area (Å²) in [5.41, 5.74) is 2.45. The number of esters is 1. The fraction of sp³-hybridized carbons (Fsp3) is 0.750. The Bertz CT molecular complexity index is 2020. The molecule has 1 saturated carbocycles. The van der Waals surface area contributed by atoms with Crippen LogP contribution in [0, 0.1) is 23.2 Å². The smallest absolute Gasteiger partial charge is 0.409 e. The van der Waals surface area contributed by atoms with Crippen molar-refractivity contribution < 1.29 is 47.7 Å². The van der Waals surface area contributed by atoms with Crippen LogP contribution >= 0.6 is 0 Å². The molecule has 1 aromatic heterocycles. The second-order valence-corrected chi connectivity index (χ2v) is 21.7. The lowest BCUT2D eigenvalue weighted by molar-refractivity contribution is -0.141. The molecule has 4 aliphatic rings. The van der Waals surface area contributed by atoms with E-state index in [0.717, 1.165) is 62.1 Å². The summed E-state index contributed by atoms with van der Waals surface area (Å²) in [6.45, 7) is 20.5. The molecule has 1 aromatic carbocycles. The number of rotatable bonds is 23. The van der Waals surface area contributed by atoms with Gasteiger partial charge in [-0.25, -0.2) is 9.48 Å². The molecule has 70 heavy (non-hydrogen) atoms. The minimum absolute atomic E-state index is 0.0506. The minimum atomic E-state index is -1.27. The Morgan fingerprint density at radius 3 is 2.19 bits per heavy atom. The van der Waals surface area contributed by atoms with E-state index < -0.39 is 11.6 Å². The third-order valence-electron chi connectivity index (χ3n) is 14.6. The summed E-state index contributed by atoms with van der Waals surface area (Å²) in [5, 5.41) is 15.1. The van der Waals surface area contributed by atoms with Crippen molar-refractivity contribution in [3.05, 3.63) is 46.8 Å². The number of aromatic nitrogens is 3. The Hall–Kier alpha value is -4.65. The molecule has 2 N–H and O–H groups in total. The molecule has 4 amide bonds. The molecule has 2 saturated heterocycles. The summed E-state index contributed by atoms with van der Waals surface area (Å²) in [6.07, 6.45) is 5.35. The Balaban J connectivity index is 0.992. The number of likely N-dealkylation sites (tertiary alicyclic amines) is 1.